The van der Waals surface area contributed by atoms with Gasteiger partial charge in [0.25, 0.3) is 0 Å². The van der Waals surface area contributed by atoms with E-state index in [4.69, 9.17) is 14.2 Å². The molecule has 0 unspecified atom stereocenters. The molecule has 3 rings (SSSR count). The number of allylic oxidation sites excluding steroid dienone is 1. The van der Waals surface area contributed by atoms with E-state index in [0.29, 0.717) is 12.2 Å². The van der Waals surface area contributed by atoms with Crippen LogP contribution in [0.5, 0.6) is 11.5 Å². The Morgan fingerprint density at radius 3 is 2.83 bits per heavy atom. The molecular weight excluding hydrogens is 298 g/mol. The van der Waals surface area contributed by atoms with Crippen LogP contribution in [0, 0.1) is 0 Å². The Balaban J connectivity index is 1.75. The number of carbonyl (C=O) groups is 2. The summed E-state index contributed by atoms with van der Waals surface area (Å²) in [4.78, 5) is 23.4. The third-order valence-corrected chi connectivity index (χ3v) is 4.03. The third kappa shape index (κ3) is 3.31. The SMILES string of the molecule is CCOC(=O)C(=O)N[C@@H]1CC=CC[C@H]1c1ccc2c(c1)OCO2. The van der Waals surface area contributed by atoms with Crippen molar-refractivity contribution in [2.75, 3.05) is 13.4 Å². The molecule has 1 aromatic carbocycles. The van der Waals surface area contributed by atoms with Crippen molar-refractivity contribution >= 4 is 11.9 Å². The quantitative estimate of drug-likeness (QED) is 0.523. The molecule has 2 aliphatic rings. The van der Waals surface area contributed by atoms with E-state index in [-0.39, 0.29) is 25.4 Å². The Labute approximate surface area is 134 Å². The average Bonchev–Trinajstić information content (AvgIpc) is 3.03. The molecule has 6 heteroatoms. The molecule has 1 aliphatic carbocycles. The molecule has 122 valence electrons. The van der Waals surface area contributed by atoms with Crippen LogP contribution in [-0.2, 0) is 14.3 Å². The highest BCUT2D eigenvalue weighted by Gasteiger charge is 2.29. The molecular formula is C17H19NO5. The fraction of sp³-hybridized carbons (Fsp3) is 0.412. The number of hydrogen-bond acceptors (Lipinski definition) is 5. The lowest BCUT2D eigenvalue weighted by Crippen LogP contribution is -2.43. The van der Waals surface area contributed by atoms with Gasteiger partial charge < -0.3 is 19.5 Å². The van der Waals surface area contributed by atoms with E-state index in [9.17, 15) is 9.59 Å². The molecule has 1 amide bonds. The topological polar surface area (TPSA) is 73.9 Å². The minimum absolute atomic E-state index is 0.0767. The summed E-state index contributed by atoms with van der Waals surface area (Å²) in [6, 6.07) is 5.63. The number of benzene rings is 1. The largest absolute Gasteiger partial charge is 0.459 e. The van der Waals surface area contributed by atoms with Gasteiger partial charge >= 0.3 is 11.9 Å². The van der Waals surface area contributed by atoms with Crippen LogP contribution in [0.3, 0.4) is 0 Å². The lowest BCUT2D eigenvalue weighted by molar-refractivity contribution is -0.154. The van der Waals surface area contributed by atoms with Gasteiger partial charge in [-0.2, -0.15) is 0 Å². The molecule has 0 aromatic heterocycles. The van der Waals surface area contributed by atoms with Gasteiger partial charge in [0.1, 0.15) is 0 Å². The number of hydrogen-bond donors (Lipinski definition) is 1. The molecule has 0 radical (unpaired) electrons. The van der Waals surface area contributed by atoms with Crippen molar-refractivity contribution < 1.29 is 23.8 Å². The number of fused-ring (bicyclic) bond motifs is 1. The minimum atomic E-state index is -0.841. The standard InChI is InChI=1S/C17H19NO5/c1-2-21-17(20)16(19)18-13-6-4-3-5-12(13)11-7-8-14-15(9-11)23-10-22-14/h3-4,7-9,12-13H,2,5-6,10H2,1H3,(H,18,19)/t12-,13+/m0/s1. The maximum atomic E-state index is 11.9. The van der Waals surface area contributed by atoms with Crippen LogP contribution in [0.1, 0.15) is 31.2 Å². The number of rotatable bonds is 3. The van der Waals surface area contributed by atoms with E-state index >= 15 is 0 Å². The Kier molecular flexibility index (Phi) is 4.50. The van der Waals surface area contributed by atoms with Crippen molar-refractivity contribution in [3.8, 4) is 11.5 Å². The molecule has 6 nitrogen and oxygen atoms in total. The summed E-state index contributed by atoms with van der Waals surface area (Å²) in [5.74, 6) is -0.0167. The summed E-state index contributed by atoms with van der Waals surface area (Å²) < 4.78 is 15.5. The second kappa shape index (κ2) is 6.73. The van der Waals surface area contributed by atoms with Crippen LogP contribution in [0.15, 0.2) is 30.4 Å². The first kappa shape index (κ1) is 15.4. The van der Waals surface area contributed by atoms with E-state index < -0.39 is 11.9 Å². The zero-order chi connectivity index (χ0) is 16.2. The van der Waals surface area contributed by atoms with E-state index in [0.717, 1.165) is 17.7 Å². The molecule has 23 heavy (non-hydrogen) atoms. The molecule has 0 bridgehead atoms. The first-order chi connectivity index (χ1) is 11.2. The van der Waals surface area contributed by atoms with Crippen LogP contribution < -0.4 is 14.8 Å². The van der Waals surface area contributed by atoms with Gasteiger partial charge in [-0.25, -0.2) is 4.79 Å². The van der Waals surface area contributed by atoms with Gasteiger partial charge in [-0.05, 0) is 37.5 Å². The molecule has 0 saturated heterocycles. The van der Waals surface area contributed by atoms with Crippen molar-refractivity contribution in [2.45, 2.75) is 31.7 Å². The van der Waals surface area contributed by atoms with Crippen molar-refractivity contribution in [3.63, 3.8) is 0 Å². The van der Waals surface area contributed by atoms with Crippen molar-refractivity contribution in [3.05, 3.63) is 35.9 Å². The first-order valence-electron chi connectivity index (χ1n) is 7.71. The normalized spacial score (nSPS) is 21.8. The predicted octanol–water partition coefficient (Wildman–Crippen LogP) is 1.90. The van der Waals surface area contributed by atoms with Crippen LogP contribution in [-0.4, -0.2) is 31.3 Å². The van der Waals surface area contributed by atoms with E-state index in [1.807, 2.05) is 24.3 Å². The summed E-state index contributed by atoms with van der Waals surface area (Å²) in [6.07, 6.45) is 5.56. The minimum Gasteiger partial charge on any atom is -0.459 e. The van der Waals surface area contributed by atoms with Gasteiger partial charge in [-0.1, -0.05) is 18.2 Å². The van der Waals surface area contributed by atoms with Crippen LogP contribution in [0.4, 0.5) is 0 Å². The van der Waals surface area contributed by atoms with Gasteiger partial charge in [-0.15, -0.1) is 0 Å². The maximum absolute atomic E-state index is 11.9. The number of esters is 1. The Hall–Kier alpha value is -2.50. The molecule has 1 heterocycles. The Bertz CT molecular complexity index is 640. The highest BCUT2D eigenvalue weighted by Crippen LogP contribution is 2.37. The summed E-state index contributed by atoms with van der Waals surface area (Å²) in [5, 5.41) is 2.78. The fourth-order valence-electron chi connectivity index (χ4n) is 2.91. The molecule has 2 atom stereocenters. The lowest BCUT2D eigenvalue weighted by Gasteiger charge is -2.29. The van der Waals surface area contributed by atoms with Crippen molar-refractivity contribution in [2.24, 2.45) is 0 Å². The first-order valence-corrected chi connectivity index (χ1v) is 7.71. The van der Waals surface area contributed by atoms with E-state index in [1.165, 1.54) is 0 Å². The van der Waals surface area contributed by atoms with Gasteiger partial charge in [0.2, 0.25) is 6.79 Å². The van der Waals surface area contributed by atoms with Crippen molar-refractivity contribution in [1.82, 2.24) is 5.32 Å². The van der Waals surface area contributed by atoms with E-state index in [1.54, 1.807) is 6.92 Å². The van der Waals surface area contributed by atoms with Gasteiger partial charge in [-0.3, -0.25) is 4.79 Å². The Morgan fingerprint density at radius 2 is 2.00 bits per heavy atom. The molecule has 0 saturated carbocycles. The van der Waals surface area contributed by atoms with Gasteiger partial charge in [0.15, 0.2) is 11.5 Å². The van der Waals surface area contributed by atoms with Crippen LogP contribution in [0.25, 0.3) is 0 Å². The summed E-state index contributed by atoms with van der Waals surface area (Å²) in [6.45, 7) is 2.08. The number of ether oxygens (including phenoxy) is 3. The van der Waals surface area contributed by atoms with Gasteiger partial charge in [0, 0.05) is 12.0 Å². The smallest absolute Gasteiger partial charge is 0.396 e. The van der Waals surface area contributed by atoms with Crippen molar-refractivity contribution in [1.29, 1.82) is 0 Å². The maximum Gasteiger partial charge on any atom is 0.396 e. The van der Waals surface area contributed by atoms with Crippen LogP contribution in [0.2, 0.25) is 0 Å². The molecule has 0 spiro atoms. The summed E-state index contributed by atoms with van der Waals surface area (Å²) in [5.41, 5.74) is 1.05. The lowest BCUT2D eigenvalue weighted by atomic mass is 9.83. The zero-order valence-corrected chi connectivity index (χ0v) is 12.9. The molecule has 1 N–H and O–H groups in total. The predicted molar refractivity (Wildman–Crippen MR) is 82.2 cm³/mol. The third-order valence-electron chi connectivity index (χ3n) is 4.03. The zero-order valence-electron chi connectivity index (χ0n) is 12.9. The number of nitrogens with one attached hydrogen (secondary N) is 1. The summed E-state index contributed by atoms with van der Waals surface area (Å²) >= 11 is 0. The summed E-state index contributed by atoms with van der Waals surface area (Å²) in [7, 11) is 0. The average molecular weight is 317 g/mol. The number of amides is 1. The molecule has 0 fully saturated rings. The van der Waals surface area contributed by atoms with Gasteiger partial charge in [0.05, 0.1) is 6.61 Å². The number of carbonyl (C=O) groups excluding carboxylic acids is 2. The fourth-order valence-corrected chi connectivity index (χ4v) is 2.91. The molecule has 1 aromatic rings. The highest BCUT2D eigenvalue weighted by molar-refractivity contribution is 6.32. The van der Waals surface area contributed by atoms with Crippen LogP contribution >= 0.6 is 0 Å². The Morgan fingerprint density at radius 1 is 1.22 bits per heavy atom. The second-order valence-electron chi connectivity index (χ2n) is 5.46. The van der Waals surface area contributed by atoms with E-state index in [2.05, 4.69) is 11.4 Å². The highest BCUT2D eigenvalue weighted by atomic mass is 16.7. The molecule has 1 aliphatic heterocycles. The monoisotopic (exact) mass is 317 g/mol. The second-order valence-corrected chi connectivity index (χ2v) is 5.46.